The zero-order valence-corrected chi connectivity index (χ0v) is 8.80. The van der Waals surface area contributed by atoms with Gasteiger partial charge in [-0.1, -0.05) is 17.7 Å². The number of fused-ring (bicyclic) bond motifs is 1. The monoisotopic (exact) mass is 220 g/mol. The van der Waals surface area contributed by atoms with Crippen LogP contribution >= 0.6 is 0 Å². The maximum absolute atomic E-state index is 11.8. The van der Waals surface area contributed by atoms with Gasteiger partial charge in [0.15, 0.2) is 0 Å². The minimum atomic E-state index is -1.56. The molecule has 1 aliphatic heterocycles. The van der Waals surface area contributed by atoms with Crippen LogP contribution in [0.25, 0.3) is 0 Å². The zero-order valence-electron chi connectivity index (χ0n) is 8.80. The average Bonchev–Trinajstić information content (AvgIpc) is 2.54. The molecule has 3 N–H and O–H groups in total. The Morgan fingerprint density at radius 3 is 2.88 bits per heavy atom. The number of primary amides is 1. The van der Waals surface area contributed by atoms with Crippen LogP contribution < -0.4 is 5.73 Å². The molecule has 1 unspecified atom stereocenters. The lowest BCUT2D eigenvalue weighted by Crippen LogP contribution is -2.44. The van der Waals surface area contributed by atoms with E-state index in [2.05, 4.69) is 0 Å². The minimum absolute atomic E-state index is 0.222. The molecule has 1 aromatic carbocycles. The van der Waals surface area contributed by atoms with Crippen molar-refractivity contribution in [3.05, 3.63) is 34.9 Å². The van der Waals surface area contributed by atoms with E-state index in [0.29, 0.717) is 5.56 Å². The van der Waals surface area contributed by atoms with E-state index in [9.17, 15) is 14.7 Å². The molecule has 1 aromatic rings. The molecule has 0 radical (unpaired) electrons. The molecule has 5 nitrogen and oxygen atoms in total. The SMILES string of the molecule is Cc1ccc2c(c1)CN(C(O)C(N)=O)C2=O. The largest absolute Gasteiger partial charge is 0.366 e. The van der Waals surface area contributed by atoms with Gasteiger partial charge in [-0.25, -0.2) is 0 Å². The van der Waals surface area contributed by atoms with Crippen molar-refractivity contribution in [1.82, 2.24) is 4.90 Å². The summed E-state index contributed by atoms with van der Waals surface area (Å²) in [6, 6.07) is 5.37. The second-order valence-electron chi connectivity index (χ2n) is 3.87. The predicted octanol–water partition coefficient (Wildman–Crippen LogP) is -0.245. The van der Waals surface area contributed by atoms with Gasteiger partial charge >= 0.3 is 0 Å². The summed E-state index contributed by atoms with van der Waals surface area (Å²) in [6.07, 6.45) is -1.56. The van der Waals surface area contributed by atoms with Crippen LogP contribution in [-0.4, -0.2) is 28.0 Å². The number of carbonyl (C=O) groups is 2. The Morgan fingerprint density at radius 1 is 1.56 bits per heavy atom. The van der Waals surface area contributed by atoms with Gasteiger partial charge < -0.3 is 15.7 Å². The first-order chi connectivity index (χ1) is 7.50. The van der Waals surface area contributed by atoms with Crippen molar-refractivity contribution in [2.24, 2.45) is 5.73 Å². The predicted molar refractivity (Wildman–Crippen MR) is 56.3 cm³/mol. The van der Waals surface area contributed by atoms with Crippen LogP contribution in [0.2, 0.25) is 0 Å². The molecule has 5 heteroatoms. The molecule has 0 spiro atoms. The third-order valence-corrected chi connectivity index (χ3v) is 2.64. The third kappa shape index (κ3) is 1.55. The molecule has 0 fully saturated rings. The molecule has 0 saturated heterocycles. The van der Waals surface area contributed by atoms with E-state index >= 15 is 0 Å². The highest BCUT2D eigenvalue weighted by atomic mass is 16.3. The van der Waals surface area contributed by atoms with Crippen LogP contribution in [-0.2, 0) is 11.3 Å². The lowest BCUT2D eigenvalue weighted by Gasteiger charge is -2.19. The highest BCUT2D eigenvalue weighted by Gasteiger charge is 2.34. The second kappa shape index (κ2) is 3.61. The second-order valence-corrected chi connectivity index (χ2v) is 3.87. The van der Waals surface area contributed by atoms with Gasteiger partial charge in [0, 0.05) is 12.1 Å². The molecule has 0 bridgehead atoms. The van der Waals surface area contributed by atoms with E-state index in [4.69, 9.17) is 5.73 Å². The smallest absolute Gasteiger partial charge is 0.267 e. The Kier molecular flexibility index (Phi) is 2.40. The van der Waals surface area contributed by atoms with Crippen molar-refractivity contribution < 1.29 is 14.7 Å². The van der Waals surface area contributed by atoms with Gasteiger partial charge in [0.2, 0.25) is 6.23 Å². The van der Waals surface area contributed by atoms with Crippen LogP contribution in [0.15, 0.2) is 18.2 Å². The van der Waals surface area contributed by atoms with E-state index in [1.165, 1.54) is 0 Å². The third-order valence-electron chi connectivity index (χ3n) is 2.64. The Hall–Kier alpha value is -1.88. The number of aliphatic hydroxyl groups excluding tert-OH is 1. The van der Waals surface area contributed by atoms with E-state index in [0.717, 1.165) is 16.0 Å². The molecule has 2 rings (SSSR count). The summed E-state index contributed by atoms with van der Waals surface area (Å²) in [5.41, 5.74) is 7.32. The lowest BCUT2D eigenvalue weighted by atomic mass is 10.1. The first kappa shape index (κ1) is 10.6. The highest BCUT2D eigenvalue weighted by molar-refractivity contribution is 6.00. The Balaban J connectivity index is 2.34. The molecule has 16 heavy (non-hydrogen) atoms. The van der Waals surface area contributed by atoms with Crippen molar-refractivity contribution in [1.29, 1.82) is 0 Å². The fourth-order valence-corrected chi connectivity index (χ4v) is 1.82. The van der Waals surface area contributed by atoms with Crippen molar-refractivity contribution in [2.75, 3.05) is 0 Å². The summed E-state index contributed by atoms with van der Waals surface area (Å²) in [5, 5.41) is 9.47. The first-order valence-electron chi connectivity index (χ1n) is 4.88. The summed E-state index contributed by atoms with van der Waals surface area (Å²) in [6.45, 7) is 2.14. The Bertz CT molecular complexity index is 470. The number of aryl methyl sites for hydroxylation is 1. The van der Waals surface area contributed by atoms with Crippen LogP contribution in [0.3, 0.4) is 0 Å². The number of rotatable bonds is 2. The number of aliphatic hydroxyl groups is 1. The summed E-state index contributed by atoms with van der Waals surface area (Å²) >= 11 is 0. The van der Waals surface area contributed by atoms with E-state index < -0.39 is 12.1 Å². The fourth-order valence-electron chi connectivity index (χ4n) is 1.82. The molecule has 1 aliphatic rings. The molecule has 0 aliphatic carbocycles. The lowest BCUT2D eigenvalue weighted by molar-refractivity contribution is -0.133. The maximum Gasteiger partial charge on any atom is 0.267 e. The number of carbonyl (C=O) groups excluding carboxylic acids is 2. The van der Waals surface area contributed by atoms with Crippen LogP contribution in [0.1, 0.15) is 21.5 Å². The molecule has 2 amide bonds. The van der Waals surface area contributed by atoms with Crippen molar-refractivity contribution >= 4 is 11.8 Å². The number of nitrogens with two attached hydrogens (primary N) is 1. The van der Waals surface area contributed by atoms with Crippen molar-refractivity contribution in [3.8, 4) is 0 Å². The zero-order chi connectivity index (χ0) is 11.9. The average molecular weight is 220 g/mol. The number of hydrogen-bond donors (Lipinski definition) is 2. The van der Waals surface area contributed by atoms with Crippen molar-refractivity contribution in [2.45, 2.75) is 19.7 Å². The highest BCUT2D eigenvalue weighted by Crippen LogP contribution is 2.24. The van der Waals surface area contributed by atoms with Gasteiger partial charge in [0.1, 0.15) is 0 Å². The van der Waals surface area contributed by atoms with Gasteiger partial charge in [-0.15, -0.1) is 0 Å². The normalized spacial score (nSPS) is 16.1. The summed E-state index contributed by atoms with van der Waals surface area (Å²) < 4.78 is 0. The number of benzene rings is 1. The quantitative estimate of drug-likeness (QED) is 0.721. The molecule has 0 aromatic heterocycles. The van der Waals surface area contributed by atoms with E-state index in [1.54, 1.807) is 6.07 Å². The Labute approximate surface area is 92.5 Å². The molecule has 1 atom stereocenters. The summed E-state index contributed by atoms with van der Waals surface area (Å²) in [7, 11) is 0. The summed E-state index contributed by atoms with van der Waals surface area (Å²) in [5.74, 6) is -1.28. The van der Waals surface area contributed by atoms with E-state index in [-0.39, 0.29) is 12.5 Å². The van der Waals surface area contributed by atoms with Crippen LogP contribution in [0.4, 0.5) is 0 Å². The maximum atomic E-state index is 11.8. The van der Waals surface area contributed by atoms with Gasteiger partial charge in [-0.05, 0) is 18.6 Å². The molecular weight excluding hydrogens is 208 g/mol. The Morgan fingerprint density at radius 2 is 2.25 bits per heavy atom. The summed E-state index contributed by atoms with van der Waals surface area (Å²) in [4.78, 5) is 23.7. The molecule has 84 valence electrons. The van der Waals surface area contributed by atoms with E-state index in [1.807, 2.05) is 19.1 Å². The number of amides is 2. The van der Waals surface area contributed by atoms with Gasteiger partial charge in [-0.3, -0.25) is 9.59 Å². The standard InChI is InChI=1S/C11H12N2O3/c1-6-2-3-8-7(4-6)5-13(10(8)15)11(16)9(12)14/h2-4,11,16H,5H2,1H3,(H2,12,14). The van der Waals surface area contributed by atoms with Crippen LogP contribution in [0.5, 0.6) is 0 Å². The minimum Gasteiger partial charge on any atom is -0.366 e. The topological polar surface area (TPSA) is 83.6 Å². The van der Waals surface area contributed by atoms with Crippen molar-refractivity contribution in [3.63, 3.8) is 0 Å². The first-order valence-corrected chi connectivity index (χ1v) is 4.88. The van der Waals surface area contributed by atoms with Gasteiger partial charge in [0.25, 0.3) is 11.8 Å². The number of nitrogens with zero attached hydrogens (tertiary/aromatic N) is 1. The fraction of sp³-hybridized carbons (Fsp3) is 0.273. The van der Waals surface area contributed by atoms with Gasteiger partial charge in [-0.2, -0.15) is 0 Å². The number of hydrogen-bond acceptors (Lipinski definition) is 3. The molecular formula is C11H12N2O3. The van der Waals surface area contributed by atoms with Gasteiger partial charge in [0.05, 0.1) is 0 Å². The van der Waals surface area contributed by atoms with Crippen LogP contribution in [0, 0.1) is 6.92 Å². The molecule has 1 heterocycles. The molecule has 0 saturated carbocycles.